The number of aryl methyl sites for hydroxylation is 2. The zero-order valence-corrected chi connectivity index (χ0v) is 22.3. The Kier molecular flexibility index (Phi) is 6.21. The molecule has 0 spiro atoms. The maximum atomic E-state index is 5.74. The second-order valence-electron chi connectivity index (χ2n) is 10.7. The summed E-state index contributed by atoms with van der Waals surface area (Å²) in [5.41, 5.74) is 5.04. The van der Waals surface area contributed by atoms with Crippen molar-refractivity contribution in [3.05, 3.63) is 72.3 Å². The van der Waals surface area contributed by atoms with E-state index < -0.39 is 7.21 Å². The van der Waals surface area contributed by atoms with Gasteiger partial charge >= 0.3 is 0 Å². The van der Waals surface area contributed by atoms with Gasteiger partial charge in [0.05, 0.1) is 12.9 Å². The normalized spacial score (nSPS) is 17.2. The third-order valence-electron chi connectivity index (χ3n) is 7.40. The molecule has 1 saturated heterocycles. The first kappa shape index (κ1) is 23.4. The maximum Gasteiger partial charge on any atom is 0.0720 e. The first-order valence-electron chi connectivity index (χ1n) is 12.8. The fourth-order valence-electron chi connectivity index (χ4n) is 5.77. The Morgan fingerprint density at radius 1 is 0.824 bits per heavy atom. The fourth-order valence-corrected chi connectivity index (χ4v) is 10.2. The summed E-state index contributed by atoms with van der Waals surface area (Å²) in [7, 11) is -2.08. The van der Waals surface area contributed by atoms with Crippen LogP contribution in [-0.4, -0.2) is 27.5 Å². The Hall–Kier alpha value is -2.35. The SMILES string of the molecule is CCn1c2ccccc2c2cc([P@](=Nc3ccc(C)cc3)(N3CCCCC3)C(C)(C)C)ccc21. The molecular weight excluding hydrogens is 433 g/mol. The molecule has 0 amide bonds. The molecule has 2 heterocycles. The Morgan fingerprint density at radius 2 is 1.50 bits per heavy atom. The second-order valence-corrected chi connectivity index (χ2v) is 14.5. The van der Waals surface area contributed by atoms with Crippen LogP contribution in [0.2, 0.25) is 0 Å². The molecule has 1 fully saturated rings. The van der Waals surface area contributed by atoms with Gasteiger partial charge in [0.2, 0.25) is 0 Å². The molecule has 0 radical (unpaired) electrons. The zero-order chi connectivity index (χ0) is 23.9. The van der Waals surface area contributed by atoms with E-state index in [2.05, 4.69) is 111 Å². The number of benzene rings is 3. The molecule has 178 valence electrons. The topological polar surface area (TPSA) is 20.5 Å². The summed E-state index contributed by atoms with van der Waals surface area (Å²) in [5.74, 6) is 0. The molecule has 0 unspecified atom stereocenters. The molecule has 3 aromatic carbocycles. The summed E-state index contributed by atoms with van der Waals surface area (Å²) in [6, 6.07) is 24.9. The van der Waals surface area contributed by atoms with Crippen LogP contribution in [0.4, 0.5) is 5.69 Å². The summed E-state index contributed by atoms with van der Waals surface area (Å²) < 4.78 is 11.0. The highest BCUT2D eigenvalue weighted by Gasteiger charge is 2.41. The Labute approximate surface area is 204 Å². The van der Waals surface area contributed by atoms with E-state index >= 15 is 0 Å². The van der Waals surface area contributed by atoms with Crippen LogP contribution in [0.5, 0.6) is 0 Å². The van der Waals surface area contributed by atoms with Crippen molar-refractivity contribution in [1.82, 2.24) is 9.24 Å². The van der Waals surface area contributed by atoms with Gasteiger partial charge in [0.25, 0.3) is 0 Å². The van der Waals surface area contributed by atoms with E-state index in [1.165, 1.54) is 51.9 Å². The molecule has 1 aliphatic rings. The molecule has 1 atom stereocenters. The predicted octanol–water partition coefficient (Wildman–Crippen LogP) is 8.48. The van der Waals surface area contributed by atoms with Crippen LogP contribution in [0.3, 0.4) is 0 Å². The molecule has 0 N–H and O–H groups in total. The van der Waals surface area contributed by atoms with Gasteiger partial charge in [-0.2, -0.15) is 0 Å². The van der Waals surface area contributed by atoms with Crippen LogP contribution in [0.15, 0.2) is 71.5 Å². The van der Waals surface area contributed by atoms with E-state index in [4.69, 9.17) is 4.74 Å². The largest absolute Gasteiger partial charge is 0.341 e. The van der Waals surface area contributed by atoms with Gasteiger partial charge in [-0.15, -0.1) is 0 Å². The second kappa shape index (κ2) is 9.02. The van der Waals surface area contributed by atoms with Gasteiger partial charge in [0.15, 0.2) is 0 Å². The summed E-state index contributed by atoms with van der Waals surface area (Å²) in [6.45, 7) is 14.9. The number of aromatic nitrogens is 1. The van der Waals surface area contributed by atoms with Gasteiger partial charge in [-0.25, -0.2) is 4.74 Å². The van der Waals surface area contributed by atoms with Crippen molar-refractivity contribution in [2.75, 3.05) is 13.1 Å². The number of rotatable bonds is 4. The molecule has 0 bridgehead atoms. The molecule has 34 heavy (non-hydrogen) atoms. The van der Waals surface area contributed by atoms with Gasteiger partial charge in [-0.1, -0.05) is 63.1 Å². The number of nitrogens with zero attached hydrogens (tertiary/aromatic N) is 3. The summed E-state index contributed by atoms with van der Waals surface area (Å²) in [6.07, 6.45) is 3.85. The lowest BCUT2D eigenvalue weighted by Gasteiger charge is -2.47. The summed E-state index contributed by atoms with van der Waals surface area (Å²) in [4.78, 5) is 0. The van der Waals surface area contributed by atoms with E-state index in [1.54, 1.807) is 0 Å². The lowest BCUT2D eigenvalue weighted by Crippen LogP contribution is -2.39. The van der Waals surface area contributed by atoms with Gasteiger partial charge in [-0.05, 0) is 63.1 Å². The van der Waals surface area contributed by atoms with Crippen molar-refractivity contribution in [2.24, 2.45) is 4.74 Å². The highest BCUT2D eigenvalue weighted by atomic mass is 31.2. The Bertz CT molecular complexity index is 1370. The lowest BCUT2D eigenvalue weighted by atomic mass is 10.1. The number of hydrogen-bond donors (Lipinski definition) is 0. The van der Waals surface area contributed by atoms with Crippen molar-refractivity contribution in [3.63, 3.8) is 0 Å². The van der Waals surface area contributed by atoms with Crippen molar-refractivity contribution in [1.29, 1.82) is 0 Å². The third-order valence-corrected chi connectivity index (χ3v) is 12.0. The first-order valence-corrected chi connectivity index (χ1v) is 14.5. The van der Waals surface area contributed by atoms with Gasteiger partial charge in [0, 0.05) is 51.9 Å². The van der Waals surface area contributed by atoms with Gasteiger partial charge in [0.1, 0.15) is 0 Å². The van der Waals surface area contributed by atoms with Crippen LogP contribution in [-0.2, 0) is 6.54 Å². The van der Waals surface area contributed by atoms with Crippen LogP contribution in [0.25, 0.3) is 21.8 Å². The number of fused-ring (bicyclic) bond motifs is 3. The van der Waals surface area contributed by atoms with Crippen molar-refractivity contribution < 1.29 is 0 Å². The van der Waals surface area contributed by atoms with Crippen molar-refractivity contribution in [2.45, 2.75) is 65.6 Å². The Balaban J connectivity index is 1.84. The standard InChI is InChI=1S/C30H38N3P/c1-6-33-28-13-9-8-12-26(28)27-22-25(18-19-29(27)33)34(30(3,4)5,32-20-10-7-11-21-32)31-24-16-14-23(2)15-17-24/h8-9,12-19,22H,6-7,10-11,20-21H2,1-5H3/t34-/m0/s1. The highest BCUT2D eigenvalue weighted by Crippen LogP contribution is 2.64. The molecule has 1 aromatic heterocycles. The van der Waals surface area contributed by atoms with E-state index in [1.807, 2.05) is 0 Å². The molecule has 4 aromatic rings. The summed E-state index contributed by atoms with van der Waals surface area (Å²) in [5, 5.41) is 4.14. The highest BCUT2D eigenvalue weighted by molar-refractivity contribution is 7.73. The Morgan fingerprint density at radius 3 is 2.18 bits per heavy atom. The monoisotopic (exact) mass is 471 g/mol. The molecule has 1 aliphatic heterocycles. The van der Waals surface area contributed by atoms with E-state index in [-0.39, 0.29) is 5.16 Å². The van der Waals surface area contributed by atoms with Crippen LogP contribution in [0, 0.1) is 6.92 Å². The average molecular weight is 472 g/mol. The minimum atomic E-state index is -2.08. The average Bonchev–Trinajstić information content (AvgIpc) is 3.16. The molecule has 3 nitrogen and oxygen atoms in total. The van der Waals surface area contributed by atoms with Crippen LogP contribution in [0.1, 0.15) is 52.5 Å². The third kappa shape index (κ3) is 3.84. The number of para-hydroxylation sites is 1. The lowest BCUT2D eigenvalue weighted by molar-refractivity contribution is 0.361. The zero-order valence-electron chi connectivity index (χ0n) is 21.4. The fraction of sp³-hybridized carbons (Fsp3) is 0.400. The smallest absolute Gasteiger partial charge is 0.0720 e. The van der Waals surface area contributed by atoms with E-state index in [0.717, 1.165) is 25.3 Å². The number of hydrogen-bond acceptors (Lipinski definition) is 1. The molecule has 0 aliphatic carbocycles. The van der Waals surface area contributed by atoms with Gasteiger partial charge < -0.3 is 4.57 Å². The molecule has 0 saturated carbocycles. The minimum absolute atomic E-state index is 0.0199. The molecule has 5 rings (SSSR count). The molecule has 4 heteroatoms. The van der Waals surface area contributed by atoms with Gasteiger partial charge in [-0.3, -0.25) is 4.67 Å². The van der Waals surface area contributed by atoms with Crippen molar-refractivity contribution >= 4 is 40.0 Å². The molecular formula is C30H38N3P. The maximum absolute atomic E-state index is 5.74. The van der Waals surface area contributed by atoms with Crippen molar-refractivity contribution in [3.8, 4) is 0 Å². The minimum Gasteiger partial charge on any atom is -0.341 e. The quantitative estimate of drug-likeness (QED) is 0.273. The van der Waals surface area contributed by atoms with Crippen LogP contribution >= 0.6 is 7.21 Å². The van der Waals surface area contributed by atoms with Crippen LogP contribution < -0.4 is 5.30 Å². The first-order chi connectivity index (χ1) is 16.3. The van der Waals surface area contributed by atoms with E-state index in [9.17, 15) is 0 Å². The predicted molar refractivity (Wildman–Crippen MR) is 150 cm³/mol. The van der Waals surface area contributed by atoms with E-state index in [0.29, 0.717) is 0 Å². The number of piperidine rings is 1. The summed E-state index contributed by atoms with van der Waals surface area (Å²) >= 11 is 0.